The largest absolute Gasteiger partial charge is 0.461 e. The van der Waals surface area contributed by atoms with Crippen LogP contribution in [0.3, 0.4) is 0 Å². The van der Waals surface area contributed by atoms with Gasteiger partial charge in [-0.15, -0.1) is 0 Å². The maximum absolute atomic E-state index is 11.5. The van der Waals surface area contributed by atoms with Gasteiger partial charge in [0.05, 0.1) is 24.7 Å². The van der Waals surface area contributed by atoms with Crippen LogP contribution in [0.25, 0.3) is 5.82 Å². The lowest BCUT2D eigenvalue weighted by atomic mass is 10.4. The van der Waals surface area contributed by atoms with Crippen LogP contribution in [0.4, 0.5) is 5.69 Å². The fourth-order valence-electron chi connectivity index (χ4n) is 1.27. The average molecular weight is 233 g/mol. The highest BCUT2D eigenvalue weighted by Gasteiger charge is 2.16. The SMILES string of the molecule is CCOC(=O)c1nn(-c2cnccn2)cc1N. The number of esters is 1. The molecule has 0 amide bonds. The quantitative estimate of drug-likeness (QED) is 0.772. The highest BCUT2D eigenvalue weighted by Crippen LogP contribution is 2.13. The standard InChI is InChI=1S/C10H11N5O2/c1-2-17-10(16)9-7(11)6-15(14-9)8-5-12-3-4-13-8/h3-6H,2,11H2,1H3. The van der Waals surface area contributed by atoms with Crippen molar-refractivity contribution in [3.8, 4) is 5.82 Å². The lowest BCUT2D eigenvalue weighted by molar-refractivity contribution is 0.0520. The molecule has 0 fully saturated rings. The van der Waals surface area contributed by atoms with Crippen molar-refractivity contribution in [1.82, 2.24) is 19.7 Å². The molecule has 2 rings (SSSR count). The highest BCUT2D eigenvalue weighted by molar-refractivity contribution is 5.92. The van der Waals surface area contributed by atoms with Gasteiger partial charge in [0.2, 0.25) is 0 Å². The first-order valence-corrected chi connectivity index (χ1v) is 5.01. The fraction of sp³-hybridized carbons (Fsp3) is 0.200. The van der Waals surface area contributed by atoms with E-state index in [0.29, 0.717) is 5.82 Å². The molecule has 2 aromatic heterocycles. The van der Waals surface area contributed by atoms with Gasteiger partial charge in [-0.3, -0.25) is 4.98 Å². The molecule has 0 bridgehead atoms. The topological polar surface area (TPSA) is 95.9 Å². The summed E-state index contributed by atoms with van der Waals surface area (Å²) in [7, 11) is 0. The summed E-state index contributed by atoms with van der Waals surface area (Å²) in [6, 6.07) is 0. The minimum Gasteiger partial charge on any atom is -0.461 e. The first-order valence-electron chi connectivity index (χ1n) is 5.01. The van der Waals surface area contributed by atoms with Crippen LogP contribution in [0.1, 0.15) is 17.4 Å². The summed E-state index contributed by atoms with van der Waals surface area (Å²) < 4.78 is 6.21. The summed E-state index contributed by atoms with van der Waals surface area (Å²) in [6.45, 7) is 1.99. The van der Waals surface area contributed by atoms with E-state index in [1.807, 2.05) is 0 Å². The van der Waals surface area contributed by atoms with E-state index >= 15 is 0 Å². The molecule has 0 spiro atoms. The fourth-order valence-corrected chi connectivity index (χ4v) is 1.27. The summed E-state index contributed by atoms with van der Waals surface area (Å²) in [5, 5.41) is 4.01. The van der Waals surface area contributed by atoms with Crippen molar-refractivity contribution >= 4 is 11.7 Å². The van der Waals surface area contributed by atoms with Crippen molar-refractivity contribution in [2.24, 2.45) is 0 Å². The highest BCUT2D eigenvalue weighted by atomic mass is 16.5. The molecular formula is C10H11N5O2. The second-order valence-corrected chi connectivity index (χ2v) is 3.16. The Morgan fingerprint density at radius 2 is 2.35 bits per heavy atom. The third-order valence-corrected chi connectivity index (χ3v) is 2.00. The Labute approximate surface area is 97.2 Å². The number of nitrogen functional groups attached to an aromatic ring is 1. The van der Waals surface area contributed by atoms with Crippen LogP contribution in [0.2, 0.25) is 0 Å². The molecule has 0 aromatic carbocycles. The Balaban J connectivity index is 2.34. The maximum atomic E-state index is 11.5. The number of anilines is 1. The van der Waals surface area contributed by atoms with E-state index in [-0.39, 0.29) is 18.0 Å². The monoisotopic (exact) mass is 233 g/mol. The molecular weight excluding hydrogens is 222 g/mol. The first kappa shape index (κ1) is 11.1. The van der Waals surface area contributed by atoms with Crippen molar-refractivity contribution in [3.63, 3.8) is 0 Å². The Kier molecular flexibility index (Phi) is 2.99. The van der Waals surface area contributed by atoms with Gasteiger partial charge < -0.3 is 10.5 Å². The Morgan fingerprint density at radius 3 is 3.00 bits per heavy atom. The van der Waals surface area contributed by atoms with Crippen molar-refractivity contribution in [2.75, 3.05) is 12.3 Å². The van der Waals surface area contributed by atoms with Gasteiger partial charge in [0.15, 0.2) is 11.5 Å². The van der Waals surface area contributed by atoms with Gasteiger partial charge in [-0.2, -0.15) is 5.10 Å². The van der Waals surface area contributed by atoms with Gasteiger partial charge in [0.25, 0.3) is 0 Å². The molecule has 17 heavy (non-hydrogen) atoms. The van der Waals surface area contributed by atoms with Crippen molar-refractivity contribution < 1.29 is 9.53 Å². The van der Waals surface area contributed by atoms with E-state index in [1.165, 1.54) is 23.3 Å². The first-order chi connectivity index (χ1) is 8.22. The van der Waals surface area contributed by atoms with E-state index in [0.717, 1.165) is 0 Å². The lowest BCUT2D eigenvalue weighted by Crippen LogP contribution is -2.08. The summed E-state index contributed by atoms with van der Waals surface area (Å²) in [4.78, 5) is 19.4. The summed E-state index contributed by atoms with van der Waals surface area (Å²) in [5.74, 6) is -0.0672. The van der Waals surface area contributed by atoms with Gasteiger partial charge >= 0.3 is 5.97 Å². The predicted molar refractivity (Wildman–Crippen MR) is 59.5 cm³/mol. The van der Waals surface area contributed by atoms with Crippen molar-refractivity contribution in [3.05, 3.63) is 30.5 Å². The van der Waals surface area contributed by atoms with Crippen LogP contribution in [0.5, 0.6) is 0 Å². The van der Waals surface area contributed by atoms with Crippen LogP contribution in [0.15, 0.2) is 24.8 Å². The summed E-state index contributed by atoms with van der Waals surface area (Å²) in [5.41, 5.74) is 6.00. The third-order valence-electron chi connectivity index (χ3n) is 2.00. The number of carbonyl (C=O) groups is 1. The Morgan fingerprint density at radius 1 is 1.53 bits per heavy atom. The summed E-state index contributed by atoms with van der Waals surface area (Å²) in [6.07, 6.45) is 6.08. The zero-order valence-corrected chi connectivity index (χ0v) is 9.20. The van der Waals surface area contributed by atoms with Crippen LogP contribution in [-0.4, -0.2) is 32.3 Å². The predicted octanol–water partition coefficient (Wildman–Crippen LogP) is 0.421. The third kappa shape index (κ3) is 2.22. The van der Waals surface area contributed by atoms with Crippen LogP contribution >= 0.6 is 0 Å². The van der Waals surface area contributed by atoms with Crippen molar-refractivity contribution in [2.45, 2.75) is 6.92 Å². The number of aromatic nitrogens is 4. The second-order valence-electron chi connectivity index (χ2n) is 3.16. The van der Waals surface area contributed by atoms with Gasteiger partial charge in [-0.25, -0.2) is 14.5 Å². The number of hydrogen-bond acceptors (Lipinski definition) is 6. The van der Waals surface area contributed by atoms with Crippen LogP contribution in [-0.2, 0) is 4.74 Å². The normalized spacial score (nSPS) is 10.2. The second kappa shape index (κ2) is 4.60. The van der Waals surface area contributed by atoms with E-state index < -0.39 is 5.97 Å². The molecule has 0 unspecified atom stereocenters. The molecule has 0 aliphatic rings. The minimum atomic E-state index is -0.548. The lowest BCUT2D eigenvalue weighted by Gasteiger charge is -1.98. The molecule has 0 radical (unpaired) electrons. The maximum Gasteiger partial charge on any atom is 0.361 e. The van der Waals surface area contributed by atoms with Gasteiger partial charge in [0.1, 0.15) is 0 Å². The zero-order valence-electron chi connectivity index (χ0n) is 9.20. The molecule has 0 saturated heterocycles. The van der Waals surface area contributed by atoms with Gasteiger partial charge in [-0.05, 0) is 6.92 Å². The number of ether oxygens (including phenoxy) is 1. The molecule has 88 valence electrons. The molecule has 7 heteroatoms. The number of rotatable bonds is 3. The van der Waals surface area contributed by atoms with Gasteiger partial charge in [-0.1, -0.05) is 0 Å². The minimum absolute atomic E-state index is 0.0810. The molecule has 2 N–H and O–H groups in total. The van der Waals surface area contributed by atoms with E-state index in [2.05, 4.69) is 15.1 Å². The van der Waals surface area contributed by atoms with Crippen molar-refractivity contribution in [1.29, 1.82) is 0 Å². The molecule has 0 aliphatic carbocycles. The molecule has 0 atom stereocenters. The van der Waals surface area contributed by atoms with Gasteiger partial charge in [0, 0.05) is 12.4 Å². The van der Waals surface area contributed by atoms with E-state index in [9.17, 15) is 4.79 Å². The summed E-state index contributed by atoms with van der Waals surface area (Å²) >= 11 is 0. The smallest absolute Gasteiger partial charge is 0.361 e. The molecule has 0 saturated carbocycles. The molecule has 2 heterocycles. The number of hydrogen-bond donors (Lipinski definition) is 1. The average Bonchev–Trinajstić information content (AvgIpc) is 2.73. The van der Waals surface area contributed by atoms with Crippen LogP contribution < -0.4 is 5.73 Å². The molecule has 0 aliphatic heterocycles. The van der Waals surface area contributed by atoms with E-state index in [4.69, 9.17) is 10.5 Å². The number of nitrogens with zero attached hydrogens (tertiary/aromatic N) is 4. The Hall–Kier alpha value is -2.44. The number of nitrogens with two attached hydrogens (primary N) is 1. The Bertz CT molecular complexity index is 523. The molecule has 2 aromatic rings. The van der Waals surface area contributed by atoms with Crippen LogP contribution in [0, 0.1) is 0 Å². The number of carbonyl (C=O) groups excluding carboxylic acids is 1. The molecule has 7 nitrogen and oxygen atoms in total. The zero-order chi connectivity index (χ0) is 12.3. The van der Waals surface area contributed by atoms with E-state index in [1.54, 1.807) is 13.1 Å².